The summed E-state index contributed by atoms with van der Waals surface area (Å²) in [7, 11) is 0. The number of benzene rings is 2. The van der Waals surface area contributed by atoms with Gasteiger partial charge in [0.2, 0.25) is 0 Å². The molecule has 0 fully saturated rings. The molecule has 0 spiro atoms. The van der Waals surface area contributed by atoms with E-state index in [0.29, 0.717) is 10.8 Å². The van der Waals surface area contributed by atoms with Gasteiger partial charge in [0, 0.05) is 16.3 Å². The number of para-hydroxylation sites is 1. The van der Waals surface area contributed by atoms with Crippen molar-refractivity contribution in [3.05, 3.63) is 76.5 Å². The lowest BCUT2D eigenvalue weighted by Crippen LogP contribution is -2.11. The van der Waals surface area contributed by atoms with Crippen molar-refractivity contribution in [3.8, 4) is 11.3 Å². The van der Waals surface area contributed by atoms with Crippen molar-refractivity contribution < 1.29 is 9.21 Å². The van der Waals surface area contributed by atoms with Gasteiger partial charge in [0.15, 0.2) is 5.76 Å². The molecular formula is C19H16ClNO2. The molecule has 0 radical (unpaired) electrons. The van der Waals surface area contributed by atoms with Crippen molar-refractivity contribution in [2.75, 3.05) is 5.32 Å². The third-order valence-corrected chi connectivity index (χ3v) is 4.17. The Balaban J connectivity index is 1.86. The van der Waals surface area contributed by atoms with Gasteiger partial charge in [0.25, 0.3) is 5.91 Å². The first-order valence-electron chi connectivity index (χ1n) is 7.28. The van der Waals surface area contributed by atoms with Gasteiger partial charge < -0.3 is 9.73 Å². The normalized spacial score (nSPS) is 10.6. The van der Waals surface area contributed by atoms with Crippen LogP contribution in [0, 0.1) is 13.8 Å². The van der Waals surface area contributed by atoms with E-state index in [9.17, 15) is 4.79 Å². The number of hydrogen-bond donors (Lipinski definition) is 1. The molecule has 3 rings (SSSR count). The number of furan rings is 1. The molecule has 0 saturated carbocycles. The van der Waals surface area contributed by atoms with Crippen LogP contribution < -0.4 is 5.32 Å². The zero-order chi connectivity index (χ0) is 16.4. The van der Waals surface area contributed by atoms with Gasteiger partial charge >= 0.3 is 0 Å². The first-order chi connectivity index (χ1) is 11.1. The number of halogens is 1. The summed E-state index contributed by atoms with van der Waals surface area (Å²) < 4.78 is 5.71. The molecular weight excluding hydrogens is 310 g/mol. The molecule has 4 heteroatoms. The van der Waals surface area contributed by atoms with Crippen molar-refractivity contribution in [1.29, 1.82) is 0 Å². The van der Waals surface area contributed by atoms with Crippen LogP contribution in [0.2, 0.25) is 5.02 Å². The van der Waals surface area contributed by atoms with Crippen molar-refractivity contribution in [3.63, 3.8) is 0 Å². The van der Waals surface area contributed by atoms with Crippen LogP contribution in [0.4, 0.5) is 5.69 Å². The van der Waals surface area contributed by atoms with Gasteiger partial charge in [0.05, 0.1) is 0 Å². The van der Waals surface area contributed by atoms with E-state index in [-0.39, 0.29) is 11.7 Å². The maximum atomic E-state index is 12.3. The Bertz CT molecular complexity index is 867. The molecule has 0 saturated heterocycles. The van der Waals surface area contributed by atoms with Crippen LogP contribution in [0.1, 0.15) is 21.7 Å². The van der Waals surface area contributed by atoms with Gasteiger partial charge in [-0.1, -0.05) is 41.9 Å². The fourth-order valence-electron chi connectivity index (χ4n) is 2.38. The zero-order valence-corrected chi connectivity index (χ0v) is 13.6. The predicted molar refractivity (Wildman–Crippen MR) is 93.0 cm³/mol. The largest absolute Gasteiger partial charge is 0.451 e. The van der Waals surface area contributed by atoms with Crippen LogP contribution in [-0.2, 0) is 0 Å². The summed E-state index contributed by atoms with van der Waals surface area (Å²) in [6, 6.07) is 16.7. The molecule has 1 amide bonds. The molecule has 1 N–H and O–H groups in total. The first-order valence-corrected chi connectivity index (χ1v) is 7.66. The zero-order valence-electron chi connectivity index (χ0n) is 12.9. The fourth-order valence-corrected chi connectivity index (χ4v) is 2.55. The van der Waals surface area contributed by atoms with Gasteiger partial charge in [-0.25, -0.2) is 0 Å². The summed E-state index contributed by atoms with van der Waals surface area (Å²) in [5.74, 6) is 0.618. The van der Waals surface area contributed by atoms with Crippen molar-refractivity contribution in [2.45, 2.75) is 13.8 Å². The number of carbonyl (C=O) groups excluding carboxylic acids is 1. The van der Waals surface area contributed by atoms with Gasteiger partial charge in [-0.2, -0.15) is 0 Å². The Morgan fingerprint density at radius 3 is 2.57 bits per heavy atom. The van der Waals surface area contributed by atoms with E-state index in [2.05, 4.69) is 5.32 Å². The second-order valence-electron chi connectivity index (χ2n) is 5.35. The standard InChI is InChI=1S/C19H16ClNO2/c1-12-6-3-4-9-16(12)21-19(22)18-11-10-17(23-18)14-7-5-8-15(20)13(14)2/h3-11H,1-2H3,(H,21,22). The van der Waals surface area contributed by atoms with Gasteiger partial charge in [0.1, 0.15) is 5.76 Å². The van der Waals surface area contributed by atoms with E-state index in [4.69, 9.17) is 16.0 Å². The van der Waals surface area contributed by atoms with Crippen LogP contribution in [0.5, 0.6) is 0 Å². The molecule has 0 atom stereocenters. The number of aryl methyl sites for hydroxylation is 1. The minimum Gasteiger partial charge on any atom is -0.451 e. The number of amides is 1. The van der Waals surface area contributed by atoms with Crippen LogP contribution >= 0.6 is 11.6 Å². The second kappa shape index (κ2) is 6.31. The minimum atomic E-state index is -0.273. The van der Waals surface area contributed by atoms with Crippen LogP contribution in [0.15, 0.2) is 59.0 Å². The topological polar surface area (TPSA) is 42.2 Å². The van der Waals surface area contributed by atoms with Crippen molar-refractivity contribution in [1.82, 2.24) is 0 Å². The molecule has 3 nitrogen and oxygen atoms in total. The molecule has 116 valence electrons. The molecule has 3 aromatic rings. The predicted octanol–water partition coefficient (Wildman–Crippen LogP) is 5.47. The minimum absolute atomic E-state index is 0.266. The highest BCUT2D eigenvalue weighted by atomic mass is 35.5. The average Bonchev–Trinajstić information content (AvgIpc) is 3.02. The van der Waals surface area contributed by atoms with Crippen molar-refractivity contribution in [2.24, 2.45) is 0 Å². The molecule has 23 heavy (non-hydrogen) atoms. The lowest BCUT2D eigenvalue weighted by Gasteiger charge is -2.06. The van der Waals surface area contributed by atoms with E-state index >= 15 is 0 Å². The summed E-state index contributed by atoms with van der Waals surface area (Å²) in [5.41, 5.74) is 3.58. The van der Waals surface area contributed by atoms with Crippen molar-refractivity contribution >= 4 is 23.2 Å². The summed E-state index contributed by atoms with van der Waals surface area (Å²) in [6.45, 7) is 3.87. The third kappa shape index (κ3) is 3.15. The lowest BCUT2D eigenvalue weighted by molar-refractivity contribution is 0.0997. The number of rotatable bonds is 3. The Morgan fingerprint density at radius 2 is 1.78 bits per heavy atom. The molecule has 0 aliphatic carbocycles. The molecule has 1 aromatic heterocycles. The molecule has 0 bridgehead atoms. The molecule has 0 unspecified atom stereocenters. The van der Waals surface area contributed by atoms with E-state index in [1.165, 1.54) is 0 Å². The summed E-state index contributed by atoms with van der Waals surface area (Å²) in [4.78, 5) is 12.3. The lowest BCUT2D eigenvalue weighted by atomic mass is 10.1. The number of carbonyl (C=O) groups is 1. The Morgan fingerprint density at radius 1 is 1.00 bits per heavy atom. The first kappa shape index (κ1) is 15.4. The van der Waals surface area contributed by atoms with Gasteiger partial charge in [-0.3, -0.25) is 4.79 Å². The summed E-state index contributed by atoms with van der Waals surface area (Å²) in [6.07, 6.45) is 0. The number of nitrogens with one attached hydrogen (secondary N) is 1. The van der Waals surface area contributed by atoms with E-state index in [1.54, 1.807) is 12.1 Å². The maximum absolute atomic E-state index is 12.3. The van der Waals surface area contributed by atoms with E-state index in [0.717, 1.165) is 22.4 Å². The van der Waals surface area contributed by atoms with Gasteiger partial charge in [-0.05, 0) is 49.2 Å². The highest BCUT2D eigenvalue weighted by Crippen LogP contribution is 2.30. The Labute approximate surface area is 139 Å². The highest BCUT2D eigenvalue weighted by Gasteiger charge is 2.15. The molecule has 0 aliphatic heterocycles. The monoisotopic (exact) mass is 325 g/mol. The maximum Gasteiger partial charge on any atom is 0.291 e. The SMILES string of the molecule is Cc1ccccc1NC(=O)c1ccc(-c2cccc(Cl)c2C)o1. The summed E-state index contributed by atoms with van der Waals surface area (Å²) >= 11 is 6.14. The number of anilines is 1. The van der Waals surface area contributed by atoms with Crippen LogP contribution in [0.25, 0.3) is 11.3 Å². The quantitative estimate of drug-likeness (QED) is 0.693. The smallest absolute Gasteiger partial charge is 0.291 e. The molecule has 1 heterocycles. The average molecular weight is 326 g/mol. The number of hydrogen-bond acceptors (Lipinski definition) is 2. The fraction of sp³-hybridized carbons (Fsp3) is 0.105. The molecule has 2 aromatic carbocycles. The second-order valence-corrected chi connectivity index (χ2v) is 5.75. The van der Waals surface area contributed by atoms with Gasteiger partial charge in [-0.15, -0.1) is 0 Å². The third-order valence-electron chi connectivity index (χ3n) is 3.76. The van der Waals surface area contributed by atoms with E-state index < -0.39 is 0 Å². The van der Waals surface area contributed by atoms with E-state index in [1.807, 2.05) is 56.3 Å². The Kier molecular flexibility index (Phi) is 4.22. The Hall–Kier alpha value is -2.52. The van der Waals surface area contributed by atoms with Crippen LogP contribution in [-0.4, -0.2) is 5.91 Å². The summed E-state index contributed by atoms with van der Waals surface area (Å²) in [5, 5.41) is 3.53. The van der Waals surface area contributed by atoms with Crippen LogP contribution in [0.3, 0.4) is 0 Å². The molecule has 0 aliphatic rings. The highest BCUT2D eigenvalue weighted by molar-refractivity contribution is 6.31.